The summed E-state index contributed by atoms with van der Waals surface area (Å²) in [6.45, 7) is -0.281. The van der Waals surface area contributed by atoms with E-state index in [4.69, 9.17) is 16.2 Å². The molecule has 0 aromatic heterocycles. The highest BCUT2D eigenvalue weighted by atomic mass is 35.5. The quantitative estimate of drug-likeness (QED) is 0.434. The average molecular weight is 432 g/mol. The largest absolute Gasteiger partial charge is 0.357 e. The van der Waals surface area contributed by atoms with Gasteiger partial charge in [-0.1, -0.05) is 11.6 Å². The van der Waals surface area contributed by atoms with Crippen LogP contribution in [0.5, 0.6) is 0 Å². The van der Waals surface area contributed by atoms with Crippen LogP contribution in [0.25, 0.3) is 0 Å². The van der Waals surface area contributed by atoms with Crippen LogP contribution in [0.2, 0.25) is 5.02 Å². The molecule has 2 aliphatic heterocycles. The number of anilines is 2. The van der Waals surface area contributed by atoms with Gasteiger partial charge < -0.3 is 4.90 Å². The minimum Gasteiger partial charge on any atom is -0.309 e. The Balaban J connectivity index is 0.00000117. The summed E-state index contributed by atoms with van der Waals surface area (Å²) in [4.78, 5) is 26.0. The molecule has 2 heterocycles. The van der Waals surface area contributed by atoms with Gasteiger partial charge >= 0.3 is 16.3 Å². The van der Waals surface area contributed by atoms with Gasteiger partial charge in [0.25, 0.3) is 5.91 Å². The summed E-state index contributed by atoms with van der Waals surface area (Å²) in [7, 11) is -4.71. The molecular weight excluding hydrogens is 419 g/mol. The minimum absolute atomic E-state index is 0.188. The third-order valence-corrected chi connectivity index (χ3v) is 4.50. The van der Waals surface area contributed by atoms with Crippen molar-refractivity contribution in [3.63, 3.8) is 0 Å². The van der Waals surface area contributed by atoms with Crippen LogP contribution in [-0.4, -0.2) is 54.9 Å². The Labute approximate surface area is 157 Å². The molecule has 3 amide bonds. The van der Waals surface area contributed by atoms with Crippen molar-refractivity contribution in [2.24, 2.45) is 0 Å². The lowest BCUT2D eigenvalue weighted by atomic mass is 10.2. The number of imide groups is 1. The zero-order chi connectivity index (χ0) is 19.8. The first-order valence-electron chi connectivity index (χ1n) is 6.99. The normalized spacial score (nSPS) is 22.2. The van der Waals surface area contributed by atoms with Crippen molar-refractivity contribution in [3.05, 3.63) is 23.0 Å². The Kier molecular flexibility index (Phi) is 5.95. The Morgan fingerprint density at radius 3 is 2.46 bits per heavy atom. The van der Waals surface area contributed by atoms with Crippen LogP contribution in [0.3, 0.4) is 0 Å². The smallest absolute Gasteiger partial charge is 0.309 e. The van der Waals surface area contributed by atoms with E-state index in [9.17, 15) is 26.8 Å². The first-order chi connectivity index (χ1) is 12.1. The third kappa shape index (κ3) is 3.85. The number of carbonyl (C=O) groups is 2. The van der Waals surface area contributed by atoms with Crippen LogP contribution < -0.4 is 9.62 Å². The van der Waals surface area contributed by atoms with Gasteiger partial charge in [0.15, 0.2) is 0 Å². The zero-order valence-corrected chi connectivity index (χ0v) is 15.4. The molecule has 144 valence electrons. The van der Waals surface area contributed by atoms with Crippen molar-refractivity contribution in [1.82, 2.24) is 4.90 Å². The van der Waals surface area contributed by atoms with E-state index in [0.717, 1.165) is 11.0 Å². The Bertz CT molecular complexity index is 830. The van der Waals surface area contributed by atoms with Crippen molar-refractivity contribution in [2.75, 3.05) is 22.5 Å². The number of alkyl halides is 2. The van der Waals surface area contributed by atoms with Crippen LogP contribution >= 0.6 is 23.2 Å². The second kappa shape index (κ2) is 7.51. The second-order valence-electron chi connectivity index (χ2n) is 5.32. The number of halogens is 4. The highest BCUT2D eigenvalue weighted by molar-refractivity contribution is 7.87. The van der Waals surface area contributed by atoms with Gasteiger partial charge in [-0.15, -0.1) is 11.6 Å². The van der Waals surface area contributed by atoms with Gasteiger partial charge in [0.05, 0.1) is 22.9 Å². The molecule has 3 rings (SSSR count). The van der Waals surface area contributed by atoms with Gasteiger partial charge in [0, 0.05) is 12.8 Å². The summed E-state index contributed by atoms with van der Waals surface area (Å²) in [5.41, 5.74) is -0.975. The summed E-state index contributed by atoms with van der Waals surface area (Å²) >= 11 is 10.3. The van der Waals surface area contributed by atoms with Crippen LogP contribution in [0.4, 0.5) is 25.0 Å². The molecule has 0 radical (unpaired) electrons. The number of fused-ring (bicyclic) bond motifs is 1. The fraction of sp³-hybridized carbons (Fsp3) is 0.385. The molecule has 0 spiro atoms. The molecule has 8 nitrogen and oxygen atoms in total. The number of urea groups is 1. The molecule has 0 bridgehead atoms. The van der Waals surface area contributed by atoms with Crippen LogP contribution in [0, 0.1) is 5.82 Å². The van der Waals surface area contributed by atoms with E-state index >= 15 is 0 Å². The standard InChI is InChI=1S/C12H10ClF2N3O5S.CH3Cl/c13-6-2-7(15)9(3-8(6)16-24(21,22)23)18-11(19)10-1-5(14)4-17(10)12(18)20;1-2/h2-3,5,10,16H,1,4H2,(H,21,22,23);1H3/t5-,10+;/m0./s1. The van der Waals surface area contributed by atoms with Crippen LogP contribution in [-0.2, 0) is 15.1 Å². The van der Waals surface area contributed by atoms with Gasteiger partial charge in [-0.05, 0) is 12.1 Å². The lowest BCUT2D eigenvalue weighted by Gasteiger charge is -2.18. The first-order valence-corrected chi connectivity index (χ1v) is 9.56. The van der Waals surface area contributed by atoms with E-state index in [1.807, 2.05) is 0 Å². The van der Waals surface area contributed by atoms with Crippen LogP contribution in [0.15, 0.2) is 12.1 Å². The summed E-state index contributed by atoms with van der Waals surface area (Å²) in [6, 6.07) is -0.451. The maximum absolute atomic E-state index is 14.2. The predicted molar refractivity (Wildman–Crippen MR) is 91.2 cm³/mol. The topological polar surface area (TPSA) is 107 Å². The molecular formula is C13H13Cl2F2N3O5S. The molecule has 2 atom stereocenters. The summed E-state index contributed by atoms with van der Waals surface area (Å²) < 4.78 is 59.7. The highest BCUT2D eigenvalue weighted by Crippen LogP contribution is 2.37. The van der Waals surface area contributed by atoms with Crippen molar-refractivity contribution < 1.29 is 31.3 Å². The molecule has 2 saturated heterocycles. The lowest BCUT2D eigenvalue weighted by molar-refractivity contribution is -0.119. The van der Waals surface area contributed by atoms with E-state index < -0.39 is 56.7 Å². The number of nitrogens with one attached hydrogen (secondary N) is 1. The Morgan fingerprint density at radius 2 is 1.92 bits per heavy atom. The van der Waals surface area contributed by atoms with Crippen molar-refractivity contribution >= 4 is 56.8 Å². The minimum atomic E-state index is -4.71. The first kappa shape index (κ1) is 20.6. The molecule has 13 heteroatoms. The number of rotatable bonds is 3. The van der Waals surface area contributed by atoms with E-state index in [-0.39, 0.29) is 13.0 Å². The summed E-state index contributed by atoms with van der Waals surface area (Å²) in [6.07, 6.45) is -0.0521. The fourth-order valence-corrected chi connectivity index (χ4v) is 3.45. The Morgan fingerprint density at radius 1 is 1.31 bits per heavy atom. The average Bonchev–Trinajstić information content (AvgIpc) is 3.02. The van der Waals surface area contributed by atoms with E-state index in [1.54, 1.807) is 4.72 Å². The van der Waals surface area contributed by atoms with Crippen molar-refractivity contribution in [3.8, 4) is 0 Å². The highest BCUT2D eigenvalue weighted by Gasteiger charge is 2.52. The number of amides is 3. The fourth-order valence-electron chi connectivity index (χ4n) is 2.75. The summed E-state index contributed by atoms with van der Waals surface area (Å²) in [5, 5.41) is -0.391. The van der Waals surface area contributed by atoms with Gasteiger partial charge in [0.1, 0.15) is 18.0 Å². The molecule has 1 aromatic rings. The SMILES string of the molecule is CCl.O=C1[C@H]2C[C@H](F)CN2C(=O)N1c1cc(NS(=O)(=O)O)c(Cl)cc1F. The lowest BCUT2D eigenvalue weighted by Crippen LogP contribution is -2.35. The summed E-state index contributed by atoms with van der Waals surface area (Å²) in [5.74, 6) is -1.88. The molecule has 2 fully saturated rings. The number of nitrogens with zero attached hydrogens (tertiary/aromatic N) is 2. The third-order valence-electron chi connectivity index (χ3n) is 3.71. The predicted octanol–water partition coefficient (Wildman–Crippen LogP) is 2.43. The van der Waals surface area contributed by atoms with Gasteiger partial charge in [-0.25, -0.2) is 18.5 Å². The van der Waals surface area contributed by atoms with Gasteiger partial charge in [-0.3, -0.25) is 14.1 Å². The monoisotopic (exact) mass is 431 g/mol. The maximum atomic E-state index is 14.2. The van der Waals surface area contributed by atoms with Gasteiger partial charge in [0.2, 0.25) is 0 Å². The molecule has 2 N–H and O–H groups in total. The molecule has 0 unspecified atom stereocenters. The van der Waals surface area contributed by atoms with Gasteiger partial charge in [-0.2, -0.15) is 8.42 Å². The maximum Gasteiger partial charge on any atom is 0.357 e. The van der Waals surface area contributed by atoms with E-state index in [1.165, 1.54) is 6.38 Å². The number of hydrogen-bond donors (Lipinski definition) is 2. The van der Waals surface area contributed by atoms with Crippen molar-refractivity contribution in [2.45, 2.75) is 18.6 Å². The number of benzene rings is 1. The molecule has 1 aromatic carbocycles. The van der Waals surface area contributed by atoms with Crippen molar-refractivity contribution in [1.29, 1.82) is 0 Å². The Hall–Kier alpha value is -1.69. The molecule has 0 aliphatic carbocycles. The van der Waals surface area contributed by atoms with E-state index in [0.29, 0.717) is 11.0 Å². The second-order valence-corrected chi connectivity index (χ2v) is 6.88. The molecule has 2 aliphatic rings. The number of carbonyl (C=O) groups excluding carboxylic acids is 2. The number of hydrogen-bond acceptors (Lipinski definition) is 4. The van der Waals surface area contributed by atoms with E-state index in [2.05, 4.69) is 11.6 Å². The zero-order valence-electron chi connectivity index (χ0n) is 13.1. The molecule has 0 saturated carbocycles. The van der Waals surface area contributed by atoms with Crippen LogP contribution in [0.1, 0.15) is 6.42 Å². The molecule has 26 heavy (non-hydrogen) atoms.